The normalized spacial score (nSPS) is 25.4. The molecule has 0 saturated carbocycles. The molecule has 16 heavy (non-hydrogen) atoms. The number of fused-ring (bicyclic) bond motifs is 1. The number of halogens is 1. The number of hydrogen-bond acceptors (Lipinski definition) is 3. The Hall–Kier alpha value is -0.450. The molecule has 1 aliphatic rings. The van der Waals surface area contributed by atoms with Crippen molar-refractivity contribution >= 4 is 37.5 Å². The Morgan fingerprint density at radius 3 is 3.12 bits per heavy atom. The molecule has 2 heterocycles. The molecule has 1 aromatic carbocycles. The van der Waals surface area contributed by atoms with Crippen LogP contribution in [0.5, 0.6) is 0 Å². The van der Waals surface area contributed by atoms with E-state index in [2.05, 4.69) is 46.4 Å². The van der Waals surface area contributed by atoms with Crippen LogP contribution in [0.1, 0.15) is 24.3 Å². The first-order chi connectivity index (χ1) is 7.74. The van der Waals surface area contributed by atoms with E-state index in [9.17, 15) is 0 Å². The zero-order valence-corrected chi connectivity index (χ0v) is 11.4. The van der Waals surface area contributed by atoms with Gasteiger partial charge in [-0.2, -0.15) is 0 Å². The minimum atomic E-state index is 0.559. The van der Waals surface area contributed by atoms with E-state index in [0.717, 1.165) is 16.5 Å². The van der Waals surface area contributed by atoms with Crippen molar-refractivity contribution in [1.82, 2.24) is 10.3 Å². The van der Waals surface area contributed by atoms with Gasteiger partial charge in [0, 0.05) is 16.4 Å². The Bertz CT molecular complexity index is 523. The molecule has 0 radical (unpaired) electrons. The van der Waals surface area contributed by atoms with E-state index in [1.807, 2.05) is 11.3 Å². The largest absolute Gasteiger partial charge is 0.314 e. The Morgan fingerprint density at radius 2 is 2.38 bits per heavy atom. The molecule has 1 saturated heterocycles. The van der Waals surface area contributed by atoms with Gasteiger partial charge in [-0.15, -0.1) is 11.3 Å². The molecule has 0 amide bonds. The van der Waals surface area contributed by atoms with Crippen LogP contribution in [0.3, 0.4) is 0 Å². The molecule has 84 valence electrons. The van der Waals surface area contributed by atoms with E-state index >= 15 is 0 Å². The Balaban J connectivity index is 2.04. The lowest BCUT2D eigenvalue weighted by Crippen LogP contribution is -2.21. The summed E-state index contributed by atoms with van der Waals surface area (Å²) < 4.78 is 2.41. The minimum Gasteiger partial charge on any atom is -0.314 e. The number of nitrogens with zero attached hydrogens (tertiary/aromatic N) is 1. The van der Waals surface area contributed by atoms with Gasteiger partial charge in [0.25, 0.3) is 0 Å². The van der Waals surface area contributed by atoms with Crippen LogP contribution in [-0.4, -0.2) is 17.6 Å². The molecule has 3 rings (SSSR count). The lowest BCUT2D eigenvalue weighted by Gasteiger charge is -2.10. The molecule has 0 bridgehead atoms. The molecule has 4 heteroatoms. The molecular weight excluding hydrogens is 284 g/mol. The van der Waals surface area contributed by atoms with Gasteiger partial charge in [0.1, 0.15) is 0 Å². The molecule has 2 aromatic rings. The summed E-state index contributed by atoms with van der Waals surface area (Å²) in [7, 11) is 0. The van der Waals surface area contributed by atoms with Crippen molar-refractivity contribution in [2.75, 3.05) is 6.54 Å². The first-order valence-corrected chi connectivity index (χ1v) is 7.14. The van der Waals surface area contributed by atoms with Crippen molar-refractivity contribution in [1.29, 1.82) is 0 Å². The van der Waals surface area contributed by atoms with Crippen LogP contribution in [0.15, 0.2) is 22.7 Å². The van der Waals surface area contributed by atoms with Crippen LogP contribution in [0.25, 0.3) is 10.2 Å². The number of thiazole rings is 1. The highest BCUT2D eigenvalue weighted by molar-refractivity contribution is 9.10. The van der Waals surface area contributed by atoms with Gasteiger partial charge < -0.3 is 5.32 Å². The number of aromatic nitrogens is 1. The van der Waals surface area contributed by atoms with Crippen molar-refractivity contribution in [2.45, 2.75) is 25.3 Å². The van der Waals surface area contributed by atoms with Gasteiger partial charge in [-0.05, 0) is 38.1 Å². The molecule has 0 spiro atoms. The Kier molecular flexibility index (Phi) is 2.73. The van der Waals surface area contributed by atoms with Crippen molar-refractivity contribution in [2.24, 2.45) is 0 Å². The van der Waals surface area contributed by atoms with Crippen molar-refractivity contribution in [3.8, 4) is 0 Å². The second-order valence-electron chi connectivity index (χ2n) is 4.30. The SMILES string of the molecule is CC1NCCC1c1nc2ccc(Br)cc2s1. The average molecular weight is 297 g/mol. The summed E-state index contributed by atoms with van der Waals surface area (Å²) in [6.45, 7) is 3.37. The number of benzene rings is 1. The van der Waals surface area contributed by atoms with Crippen LogP contribution in [-0.2, 0) is 0 Å². The van der Waals surface area contributed by atoms with Gasteiger partial charge >= 0.3 is 0 Å². The zero-order valence-electron chi connectivity index (χ0n) is 9.03. The minimum absolute atomic E-state index is 0.559. The third-order valence-electron chi connectivity index (χ3n) is 3.21. The topological polar surface area (TPSA) is 24.9 Å². The maximum Gasteiger partial charge on any atom is 0.0985 e. The standard InChI is InChI=1S/C12H13BrN2S/c1-7-9(4-5-14-7)12-15-10-3-2-8(13)6-11(10)16-12/h2-3,6-7,9,14H,4-5H2,1H3. The number of rotatable bonds is 1. The second kappa shape index (κ2) is 4.09. The van der Waals surface area contributed by atoms with E-state index in [1.165, 1.54) is 16.1 Å². The highest BCUT2D eigenvalue weighted by Crippen LogP contribution is 2.34. The third kappa shape index (κ3) is 1.79. The summed E-state index contributed by atoms with van der Waals surface area (Å²) in [5.41, 5.74) is 1.13. The lowest BCUT2D eigenvalue weighted by atomic mass is 10.0. The average Bonchev–Trinajstić information content (AvgIpc) is 2.82. The van der Waals surface area contributed by atoms with Crippen LogP contribution >= 0.6 is 27.3 Å². The van der Waals surface area contributed by atoms with Crippen LogP contribution < -0.4 is 5.32 Å². The molecule has 1 N–H and O–H groups in total. The molecular formula is C12H13BrN2S. The zero-order chi connectivity index (χ0) is 11.1. The molecule has 2 unspecified atom stereocenters. The monoisotopic (exact) mass is 296 g/mol. The van der Waals surface area contributed by atoms with E-state index in [1.54, 1.807) is 0 Å². The fraction of sp³-hybridized carbons (Fsp3) is 0.417. The predicted molar refractivity (Wildman–Crippen MR) is 72.1 cm³/mol. The van der Waals surface area contributed by atoms with Gasteiger partial charge in [0.15, 0.2) is 0 Å². The van der Waals surface area contributed by atoms with Gasteiger partial charge in [-0.3, -0.25) is 0 Å². The third-order valence-corrected chi connectivity index (χ3v) is 4.85. The summed E-state index contributed by atoms with van der Waals surface area (Å²) in [4.78, 5) is 4.74. The van der Waals surface area contributed by atoms with Crippen molar-refractivity contribution in [3.63, 3.8) is 0 Å². The summed E-state index contributed by atoms with van der Waals surface area (Å²) in [5, 5.41) is 4.76. The summed E-state index contributed by atoms with van der Waals surface area (Å²) in [6.07, 6.45) is 1.21. The summed E-state index contributed by atoms with van der Waals surface area (Å²) >= 11 is 5.33. The van der Waals surface area contributed by atoms with Gasteiger partial charge in [-0.1, -0.05) is 15.9 Å². The molecule has 1 fully saturated rings. The van der Waals surface area contributed by atoms with Crippen LogP contribution in [0.4, 0.5) is 0 Å². The maximum absolute atomic E-state index is 4.74. The predicted octanol–water partition coefficient (Wildman–Crippen LogP) is 3.52. The van der Waals surface area contributed by atoms with Gasteiger partial charge in [0.05, 0.1) is 15.2 Å². The molecule has 2 atom stereocenters. The smallest absolute Gasteiger partial charge is 0.0985 e. The Morgan fingerprint density at radius 1 is 1.50 bits per heavy atom. The van der Waals surface area contributed by atoms with Crippen molar-refractivity contribution < 1.29 is 0 Å². The van der Waals surface area contributed by atoms with E-state index in [0.29, 0.717) is 12.0 Å². The van der Waals surface area contributed by atoms with Crippen molar-refractivity contribution in [3.05, 3.63) is 27.7 Å². The first kappa shape index (κ1) is 10.7. The summed E-state index contributed by atoms with van der Waals surface area (Å²) in [6, 6.07) is 6.86. The van der Waals surface area contributed by atoms with E-state index in [-0.39, 0.29) is 0 Å². The lowest BCUT2D eigenvalue weighted by molar-refractivity contribution is 0.593. The fourth-order valence-corrected chi connectivity index (χ4v) is 4.03. The second-order valence-corrected chi connectivity index (χ2v) is 6.28. The summed E-state index contributed by atoms with van der Waals surface area (Å²) in [5.74, 6) is 0.594. The molecule has 0 aliphatic carbocycles. The van der Waals surface area contributed by atoms with E-state index < -0.39 is 0 Å². The molecule has 1 aliphatic heterocycles. The van der Waals surface area contributed by atoms with Crippen LogP contribution in [0, 0.1) is 0 Å². The van der Waals surface area contributed by atoms with E-state index in [4.69, 9.17) is 4.98 Å². The first-order valence-electron chi connectivity index (χ1n) is 5.53. The van der Waals surface area contributed by atoms with Gasteiger partial charge in [0.2, 0.25) is 0 Å². The number of nitrogens with one attached hydrogen (secondary N) is 1. The Labute approximate surface area is 107 Å². The highest BCUT2D eigenvalue weighted by Gasteiger charge is 2.27. The fourth-order valence-electron chi connectivity index (χ4n) is 2.27. The quantitative estimate of drug-likeness (QED) is 0.871. The molecule has 2 nitrogen and oxygen atoms in total. The van der Waals surface area contributed by atoms with Crippen LogP contribution in [0.2, 0.25) is 0 Å². The maximum atomic E-state index is 4.74. The molecule has 1 aromatic heterocycles. The highest BCUT2D eigenvalue weighted by atomic mass is 79.9. The van der Waals surface area contributed by atoms with Gasteiger partial charge in [-0.25, -0.2) is 4.98 Å². The number of hydrogen-bond donors (Lipinski definition) is 1.